The third-order valence-electron chi connectivity index (χ3n) is 5.84. The van der Waals surface area contributed by atoms with Crippen molar-refractivity contribution in [3.05, 3.63) is 35.4 Å². The zero-order valence-electron chi connectivity index (χ0n) is 16.2. The lowest BCUT2D eigenvalue weighted by Gasteiger charge is -2.41. The molecule has 26 heavy (non-hydrogen) atoms. The third-order valence-corrected chi connectivity index (χ3v) is 6.81. The van der Waals surface area contributed by atoms with Gasteiger partial charge in [-0.25, -0.2) is 0 Å². The fourth-order valence-corrected chi connectivity index (χ4v) is 5.17. The molecule has 2 amide bonds. The Kier molecular flexibility index (Phi) is 5.96. The predicted molar refractivity (Wildman–Crippen MR) is 107 cm³/mol. The second-order valence-corrected chi connectivity index (χ2v) is 8.95. The highest BCUT2D eigenvalue weighted by atomic mass is 32.2. The molecule has 2 saturated heterocycles. The summed E-state index contributed by atoms with van der Waals surface area (Å²) in [5.74, 6) is 1.79. The summed E-state index contributed by atoms with van der Waals surface area (Å²) in [4.78, 5) is 29.6. The highest BCUT2D eigenvalue weighted by Gasteiger charge is 2.49. The van der Waals surface area contributed by atoms with Gasteiger partial charge in [-0.3, -0.25) is 9.59 Å². The summed E-state index contributed by atoms with van der Waals surface area (Å²) in [5, 5.41) is 0. The maximum atomic E-state index is 13.0. The van der Waals surface area contributed by atoms with Crippen LogP contribution in [-0.4, -0.2) is 53.0 Å². The first kappa shape index (κ1) is 19.3. The van der Waals surface area contributed by atoms with E-state index >= 15 is 0 Å². The van der Waals surface area contributed by atoms with E-state index in [0.717, 1.165) is 38.1 Å². The van der Waals surface area contributed by atoms with E-state index < -0.39 is 0 Å². The second-order valence-electron chi connectivity index (χ2n) is 7.96. The molecule has 1 aromatic carbocycles. The van der Waals surface area contributed by atoms with Gasteiger partial charge in [0, 0.05) is 31.4 Å². The van der Waals surface area contributed by atoms with Crippen LogP contribution in [0.4, 0.5) is 0 Å². The van der Waals surface area contributed by atoms with E-state index in [4.69, 9.17) is 0 Å². The van der Waals surface area contributed by atoms with Gasteiger partial charge in [0.05, 0.1) is 11.2 Å². The molecule has 0 saturated carbocycles. The van der Waals surface area contributed by atoms with E-state index in [-0.39, 0.29) is 23.3 Å². The van der Waals surface area contributed by atoms with Gasteiger partial charge in [-0.05, 0) is 51.2 Å². The topological polar surface area (TPSA) is 40.6 Å². The molecular formula is C21H30N2O2S. The van der Waals surface area contributed by atoms with Crippen molar-refractivity contribution in [2.24, 2.45) is 5.41 Å². The Bertz CT molecular complexity index is 676. The summed E-state index contributed by atoms with van der Waals surface area (Å²) in [6.07, 6.45) is 2.80. The molecule has 0 radical (unpaired) electrons. The zero-order valence-corrected chi connectivity index (χ0v) is 17.0. The van der Waals surface area contributed by atoms with Crippen molar-refractivity contribution in [2.75, 3.05) is 25.4 Å². The van der Waals surface area contributed by atoms with E-state index in [1.54, 1.807) is 11.8 Å². The quantitative estimate of drug-likeness (QED) is 0.792. The molecule has 2 fully saturated rings. The van der Waals surface area contributed by atoms with Gasteiger partial charge in [0.25, 0.3) is 0 Å². The molecular weight excluding hydrogens is 344 g/mol. The van der Waals surface area contributed by atoms with E-state index in [1.165, 1.54) is 11.1 Å². The van der Waals surface area contributed by atoms with Crippen LogP contribution >= 0.6 is 11.8 Å². The van der Waals surface area contributed by atoms with Crippen molar-refractivity contribution < 1.29 is 9.59 Å². The molecule has 5 heteroatoms. The number of carbonyl (C=O) groups excluding carboxylic acids is 2. The molecule has 2 heterocycles. The van der Waals surface area contributed by atoms with Crippen molar-refractivity contribution in [3.63, 3.8) is 0 Å². The lowest BCUT2D eigenvalue weighted by atomic mass is 9.78. The first-order chi connectivity index (χ1) is 12.4. The molecule has 142 valence electrons. The number of hydrogen-bond acceptors (Lipinski definition) is 3. The number of piperidine rings is 1. The molecule has 1 unspecified atom stereocenters. The normalized spacial score (nSPS) is 23.3. The number of rotatable bonds is 5. The number of thioether (sulfide) groups is 1. The van der Waals surface area contributed by atoms with Gasteiger partial charge in [-0.1, -0.05) is 24.3 Å². The molecule has 4 nitrogen and oxygen atoms in total. The van der Waals surface area contributed by atoms with Crippen molar-refractivity contribution in [3.8, 4) is 0 Å². The van der Waals surface area contributed by atoms with Gasteiger partial charge >= 0.3 is 0 Å². The highest BCUT2D eigenvalue weighted by molar-refractivity contribution is 7.99. The predicted octanol–water partition coefficient (Wildman–Crippen LogP) is 3.48. The van der Waals surface area contributed by atoms with Crippen molar-refractivity contribution in [1.29, 1.82) is 0 Å². The van der Waals surface area contributed by atoms with Crippen molar-refractivity contribution >= 4 is 23.6 Å². The van der Waals surface area contributed by atoms with E-state index in [0.29, 0.717) is 12.3 Å². The molecule has 0 bridgehead atoms. The standard InChI is InChI=1S/C21H30N2O2S/c1-16(2)23-11-6-9-21(20(23)25)10-12-22(15-21)19(24)14-26-13-18-8-5-4-7-17(18)3/h4-5,7-8,16H,6,9-15H2,1-3H3. The molecule has 1 atom stereocenters. The maximum Gasteiger partial charge on any atom is 0.232 e. The Morgan fingerprint density at radius 1 is 1.23 bits per heavy atom. The first-order valence-electron chi connectivity index (χ1n) is 9.64. The van der Waals surface area contributed by atoms with Crippen LogP contribution in [0.25, 0.3) is 0 Å². The summed E-state index contributed by atoms with van der Waals surface area (Å²) in [6.45, 7) is 8.46. The molecule has 3 rings (SSSR count). The SMILES string of the molecule is Cc1ccccc1CSCC(=O)N1CCC2(CCCN(C(C)C)C2=O)C1. The molecule has 2 aliphatic rings. The van der Waals surface area contributed by atoms with E-state index in [9.17, 15) is 9.59 Å². The van der Waals surface area contributed by atoms with Gasteiger partial charge in [-0.2, -0.15) is 0 Å². The summed E-state index contributed by atoms with van der Waals surface area (Å²) in [5.41, 5.74) is 2.24. The van der Waals surface area contributed by atoms with Crippen molar-refractivity contribution in [1.82, 2.24) is 9.80 Å². The number of carbonyl (C=O) groups is 2. The lowest BCUT2D eigenvalue weighted by Crippen LogP contribution is -2.52. The average Bonchev–Trinajstić information content (AvgIpc) is 3.04. The molecule has 1 spiro atoms. The van der Waals surface area contributed by atoms with Gasteiger partial charge in [0.15, 0.2) is 0 Å². The summed E-state index contributed by atoms with van der Waals surface area (Å²) in [7, 11) is 0. The Labute approximate surface area is 161 Å². The number of likely N-dealkylation sites (tertiary alicyclic amines) is 2. The fraction of sp³-hybridized carbons (Fsp3) is 0.619. The van der Waals surface area contributed by atoms with Gasteiger partial charge in [0.2, 0.25) is 11.8 Å². The van der Waals surface area contributed by atoms with Crippen LogP contribution in [0.5, 0.6) is 0 Å². The van der Waals surface area contributed by atoms with Crippen LogP contribution < -0.4 is 0 Å². The first-order valence-corrected chi connectivity index (χ1v) is 10.8. The summed E-state index contributed by atoms with van der Waals surface area (Å²) in [6, 6.07) is 8.56. The Hall–Kier alpha value is -1.49. The average molecular weight is 375 g/mol. The van der Waals surface area contributed by atoms with E-state index in [1.807, 2.05) is 21.9 Å². The minimum Gasteiger partial charge on any atom is -0.341 e. The third kappa shape index (κ3) is 3.93. The molecule has 1 aromatic rings. The number of amides is 2. The smallest absolute Gasteiger partial charge is 0.232 e. The van der Waals surface area contributed by atoms with Gasteiger partial charge in [0.1, 0.15) is 0 Å². The van der Waals surface area contributed by atoms with Crippen LogP contribution in [0.2, 0.25) is 0 Å². The zero-order chi connectivity index (χ0) is 18.7. The van der Waals surface area contributed by atoms with Gasteiger partial charge < -0.3 is 9.80 Å². The lowest BCUT2D eigenvalue weighted by molar-refractivity contribution is -0.148. The number of aryl methyl sites for hydroxylation is 1. The molecule has 0 aliphatic carbocycles. The number of nitrogens with zero attached hydrogens (tertiary/aromatic N) is 2. The van der Waals surface area contributed by atoms with Crippen LogP contribution in [0.15, 0.2) is 24.3 Å². The minimum absolute atomic E-state index is 0.176. The van der Waals surface area contributed by atoms with E-state index in [2.05, 4.69) is 32.9 Å². The Balaban J connectivity index is 1.54. The minimum atomic E-state index is -0.321. The second kappa shape index (κ2) is 8.03. The Morgan fingerprint density at radius 2 is 2.00 bits per heavy atom. The maximum absolute atomic E-state index is 13.0. The summed E-state index contributed by atoms with van der Waals surface area (Å²) < 4.78 is 0. The van der Waals surface area contributed by atoms with Crippen LogP contribution in [-0.2, 0) is 15.3 Å². The van der Waals surface area contributed by atoms with Crippen LogP contribution in [0.3, 0.4) is 0 Å². The Morgan fingerprint density at radius 3 is 2.73 bits per heavy atom. The van der Waals surface area contributed by atoms with Crippen LogP contribution in [0.1, 0.15) is 44.2 Å². The molecule has 0 aromatic heterocycles. The summed E-state index contributed by atoms with van der Waals surface area (Å²) >= 11 is 1.67. The van der Waals surface area contributed by atoms with Crippen LogP contribution in [0, 0.1) is 12.3 Å². The fourth-order valence-electron chi connectivity index (χ4n) is 4.17. The van der Waals surface area contributed by atoms with Crippen molar-refractivity contribution in [2.45, 2.75) is 51.8 Å². The number of benzene rings is 1. The number of hydrogen-bond donors (Lipinski definition) is 0. The van der Waals surface area contributed by atoms with Gasteiger partial charge in [-0.15, -0.1) is 11.8 Å². The monoisotopic (exact) mass is 374 g/mol. The highest BCUT2D eigenvalue weighted by Crippen LogP contribution is 2.40. The largest absolute Gasteiger partial charge is 0.341 e. The molecule has 2 aliphatic heterocycles. The molecule has 0 N–H and O–H groups in total.